The summed E-state index contributed by atoms with van der Waals surface area (Å²) in [5.41, 5.74) is 2.35. The van der Waals surface area contributed by atoms with Crippen molar-refractivity contribution in [1.29, 1.82) is 0 Å². The Morgan fingerprint density at radius 3 is 2.84 bits per heavy atom. The van der Waals surface area contributed by atoms with E-state index in [-0.39, 0.29) is 17.8 Å². The zero-order valence-electron chi connectivity index (χ0n) is 11.3. The van der Waals surface area contributed by atoms with E-state index in [2.05, 4.69) is 15.3 Å². The number of aryl methyl sites for hydroxylation is 1. The highest BCUT2D eigenvalue weighted by Crippen LogP contribution is 2.21. The van der Waals surface area contributed by atoms with Gasteiger partial charge in [0.2, 0.25) is 5.91 Å². The summed E-state index contributed by atoms with van der Waals surface area (Å²) in [5, 5.41) is 2.81. The smallest absolute Gasteiger partial charge is 0.242 e. The number of alkyl halides is 1. The molecule has 0 aliphatic rings. The molecular formula is C13H17ClN4O. The molecule has 5 nitrogen and oxygen atoms in total. The van der Waals surface area contributed by atoms with E-state index in [9.17, 15) is 4.79 Å². The number of hydrogen-bond acceptors (Lipinski definition) is 3. The molecule has 0 bridgehead atoms. The van der Waals surface area contributed by atoms with Crippen molar-refractivity contribution in [2.24, 2.45) is 0 Å². The minimum atomic E-state index is -0.381. The van der Waals surface area contributed by atoms with Crippen molar-refractivity contribution < 1.29 is 4.79 Å². The molecular weight excluding hydrogens is 264 g/mol. The number of hydrogen-bond donors (Lipinski definition) is 1. The van der Waals surface area contributed by atoms with Crippen molar-refractivity contribution >= 4 is 28.7 Å². The average Bonchev–Trinajstić information content (AvgIpc) is 2.75. The van der Waals surface area contributed by atoms with E-state index < -0.39 is 0 Å². The number of imidazole rings is 1. The molecule has 6 heteroatoms. The van der Waals surface area contributed by atoms with Gasteiger partial charge in [0, 0.05) is 12.2 Å². The Hall–Kier alpha value is -1.62. The molecule has 1 N–H and O–H groups in total. The lowest BCUT2D eigenvalue weighted by Crippen LogP contribution is -2.31. The zero-order chi connectivity index (χ0) is 14.0. The van der Waals surface area contributed by atoms with Crippen LogP contribution < -0.4 is 5.32 Å². The number of fused-ring (bicyclic) bond motifs is 1. The third-order valence-electron chi connectivity index (χ3n) is 2.99. The van der Waals surface area contributed by atoms with Crippen LogP contribution in [-0.2, 0) is 10.7 Å². The maximum atomic E-state index is 12.0. The van der Waals surface area contributed by atoms with Crippen LogP contribution in [0, 0.1) is 6.92 Å². The van der Waals surface area contributed by atoms with Crippen LogP contribution in [0.5, 0.6) is 0 Å². The molecule has 1 unspecified atom stereocenters. The van der Waals surface area contributed by atoms with E-state index in [4.69, 9.17) is 11.6 Å². The van der Waals surface area contributed by atoms with Crippen LogP contribution in [0.3, 0.4) is 0 Å². The van der Waals surface area contributed by atoms with E-state index >= 15 is 0 Å². The van der Waals surface area contributed by atoms with Gasteiger partial charge < -0.3 is 5.32 Å². The summed E-state index contributed by atoms with van der Waals surface area (Å²) >= 11 is 5.93. The monoisotopic (exact) mass is 280 g/mol. The Morgan fingerprint density at radius 2 is 2.21 bits per heavy atom. The Labute approximate surface area is 117 Å². The third kappa shape index (κ3) is 2.56. The SMILES string of the molecule is CCNC(=O)C(C)n1c(CCl)nc2ccc(C)nc21. The molecule has 2 aromatic heterocycles. The van der Waals surface area contributed by atoms with Crippen LogP contribution in [0.2, 0.25) is 0 Å². The zero-order valence-corrected chi connectivity index (χ0v) is 12.0. The standard InChI is InChI=1S/C13H17ClN4O/c1-4-15-13(19)9(3)18-11(7-14)17-10-6-5-8(2)16-12(10)18/h5-6,9H,4,7H2,1-3H3,(H,15,19). The molecule has 0 fully saturated rings. The topological polar surface area (TPSA) is 59.8 Å². The first-order valence-corrected chi connectivity index (χ1v) is 6.80. The summed E-state index contributed by atoms with van der Waals surface area (Å²) in [6, 6.07) is 3.41. The molecule has 0 aliphatic carbocycles. The van der Waals surface area contributed by atoms with Gasteiger partial charge in [-0.05, 0) is 32.9 Å². The van der Waals surface area contributed by atoms with Gasteiger partial charge in [-0.2, -0.15) is 0 Å². The molecule has 0 saturated heterocycles. The fourth-order valence-electron chi connectivity index (χ4n) is 2.06. The van der Waals surface area contributed by atoms with E-state index in [1.54, 1.807) is 4.57 Å². The quantitative estimate of drug-likeness (QED) is 0.873. The van der Waals surface area contributed by atoms with Crippen LogP contribution >= 0.6 is 11.6 Å². The molecule has 102 valence electrons. The van der Waals surface area contributed by atoms with E-state index in [1.165, 1.54) is 0 Å². The molecule has 1 atom stereocenters. The van der Waals surface area contributed by atoms with Gasteiger partial charge in [-0.15, -0.1) is 11.6 Å². The van der Waals surface area contributed by atoms with Crippen molar-refractivity contribution in [1.82, 2.24) is 19.9 Å². The number of likely N-dealkylation sites (N-methyl/N-ethyl adjacent to an activating group) is 1. The largest absolute Gasteiger partial charge is 0.355 e. The highest BCUT2D eigenvalue weighted by atomic mass is 35.5. The number of aromatic nitrogens is 3. The predicted molar refractivity (Wildman–Crippen MR) is 75.2 cm³/mol. The number of nitrogens with one attached hydrogen (secondary N) is 1. The van der Waals surface area contributed by atoms with Gasteiger partial charge in [0.05, 0.1) is 5.88 Å². The number of carbonyl (C=O) groups excluding carboxylic acids is 1. The van der Waals surface area contributed by atoms with Crippen molar-refractivity contribution in [3.8, 4) is 0 Å². The molecule has 0 saturated carbocycles. The van der Waals surface area contributed by atoms with Crippen LogP contribution in [0.25, 0.3) is 11.2 Å². The van der Waals surface area contributed by atoms with Gasteiger partial charge in [0.25, 0.3) is 0 Å². The Bertz CT molecular complexity index is 608. The van der Waals surface area contributed by atoms with Crippen molar-refractivity contribution in [3.05, 3.63) is 23.7 Å². The second-order valence-electron chi connectivity index (χ2n) is 4.40. The summed E-state index contributed by atoms with van der Waals surface area (Å²) in [5.74, 6) is 0.851. The second kappa shape index (κ2) is 5.57. The van der Waals surface area contributed by atoms with Gasteiger partial charge in [0.15, 0.2) is 5.65 Å². The van der Waals surface area contributed by atoms with E-state index in [0.29, 0.717) is 18.0 Å². The lowest BCUT2D eigenvalue weighted by atomic mass is 10.3. The molecule has 0 radical (unpaired) electrons. The van der Waals surface area contributed by atoms with Crippen LogP contribution in [-0.4, -0.2) is 27.0 Å². The van der Waals surface area contributed by atoms with Gasteiger partial charge >= 0.3 is 0 Å². The predicted octanol–water partition coefficient (Wildman–Crippen LogP) is 2.18. The van der Waals surface area contributed by atoms with Gasteiger partial charge in [-0.3, -0.25) is 9.36 Å². The molecule has 2 rings (SSSR count). The van der Waals surface area contributed by atoms with Crippen molar-refractivity contribution in [2.75, 3.05) is 6.54 Å². The fourth-order valence-corrected chi connectivity index (χ4v) is 2.24. The molecule has 0 aliphatic heterocycles. The first-order chi connectivity index (χ1) is 9.08. The molecule has 2 heterocycles. The number of pyridine rings is 1. The molecule has 0 spiro atoms. The highest BCUT2D eigenvalue weighted by Gasteiger charge is 2.21. The lowest BCUT2D eigenvalue weighted by molar-refractivity contribution is -0.123. The second-order valence-corrected chi connectivity index (χ2v) is 4.66. The number of nitrogens with zero attached hydrogens (tertiary/aromatic N) is 3. The summed E-state index contributed by atoms with van der Waals surface area (Å²) in [7, 11) is 0. The Balaban J connectivity index is 2.56. The van der Waals surface area contributed by atoms with Crippen molar-refractivity contribution in [3.63, 3.8) is 0 Å². The first-order valence-electron chi connectivity index (χ1n) is 6.26. The minimum Gasteiger partial charge on any atom is -0.355 e. The molecule has 19 heavy (non-hydrogen) atoms. The molecule has 2 aromatic rings. The van der Waals surface area contributed by atoms with Gasteiger partial charge in [-0.25, -0.2) is 9.97 Å². The van der Waals surface area contributed by atoms with Gasteiger partial charge in [0.1, 0.15) is 17.4 Å². The Morgan fingerprint density at radius 1 is 1.47 bits per heavy atom. The van der Waals surface area contributed by atoms with Crippen LogP contribution in [0.15, 0.2) is 12.1 Å². The summed E-state index contributed by atoms with van der Waals surface area (Å²) < 4.78 is 1.81. The minimum absolute atomic E-state index is 0.0588. The number of carbonyl (C=O) groups is 1. The normalized spacial score (nSPS) is 12.6. The summed E-state index contributed by atoms with van der Waals surface area (Å²) in [4.78, 5) is 20.9. The number of rotatable bonds is 4. The van der Waals surface area contributed by atoms with Crippen LogP contribution in [0.4, 0.5) is 0 Å². The van der Waals surface area contributed by atoms with Gasteiger partial charge in [-0.1, -0.05) is 0 Å². The maximum Gasteiger partial charge on any atom is 0.242 e. The van der Waals surface area contributed by atoms with Crippen LogP contribution in [0.1, 0.15) is 31.4 Å². The maximum absolute atomic E-state index is 12.0. The fraction of sp³-hybridized carbons (Fsp3) is 0.462. The molecule has 0 aromatic carbocycles. The number of halogens is 1. The van der Waals surface area contributed by atoms with E-state index in [1.807, 2.05) is 32.9 Å². The third-order valence-corrected chi connectivity index (χ3v) is 3.23. The summed E-state index contributed by atoms with van der Waals surface area (Å²) in [6.07, 6.45) is 0. The first kappa shape index (κ1) is 13.8. The molecule has 1 amide bonds. The van der Waals surface area contributed by atoms with E-state index in [0.717, 1.165) is 11.2 Å². The average molecular weight is 281 g/mol. The Kier molecular flexibility index (Phi) is 4.04. The van der Waals surface area contributed by atoms with Crippen molar-refractivity contribution in [2.45, 2.75) is 32.7 Å². The summed E-state index contributed by atoms with van der Waals surface area (Å²) in [6.45, 7) is 6.22. The number of amides is 1. The highest BCUT2D eigenvalue weighted by molar-refractivity contribution is 6.16. The lowest BCUT2D eigenvalue weighted by Gasteiger charge is -2.15.